The monoisotopic (exact) mass is 411 g/mol. The first-order chi connectivity index (χ1) is 14.2. The van der Waals surface area contributed by atoms with Crippen LogP contribution in [0.1, 0.15) is 42.9 Å². The van der Waals surface area contributed by atoms with Crippen LogP contribution < -0.4 is 4.74 Å². The number of para-hydroxylation sites is 1. The number of halogens is 1. The number of carbonyl (C=O) groups is 1. The molecule has 0 bridgehead atoms. The van der Waals surface area contributed by atoms with Crippen LogP contribution in [0, 0.1) is 0 Å². The molecular formula is C23H26ClN3O2. The molecule has 0 aromatic heterocycles. The summed E-state index contributed by atoms with van der Waals surface area (Å²) in [6.07, 6.45) is 4.15. The van der Waals surface area contributed by atoms with Crippen molar-refractivity contribution < 1.29 is 9.53 Å². The van der Waals surface area contributed by atoms with Crippen LogP contribution in [-0.4, -0.2) is 48.3 Å². The molecule has 2 heterocycles. The fraction of sp³-hybridized carbons (Fsp3) is 0.391. The Morgan fingerprint density at radius 1 is 1.10 bits per heavy atom. The molecule has 5 nitrogen and oxygen atoms in total. The molecule has 0 radical (unpaired) electrons. The van der Waals surface area contributed by atoms with Gasteiger partial charge in [0.2, 0.25) is 0 Å². The Labute approximate surface area is 176 Å². The minimum absolute atomic E-state index is 0.0184. The summed E-state index contributed by atoms with van der Waals surface area (Å²) < 4.78 is 5.58. The Kier molecular flexibility index (Phi) is 6.16. The Hall–Kier alpha value is -2.37. The maximum atomic E-state index is 13.3. The quantitative estimate of drug-likeness (QED) is 0.727. The molecule has 4 rings (SSSR count). The number of hydrogen-bond acceptors (Lipinski definition) is 4. The molecule has 1 fully saturated rings. The second kappa shape index (κ2) is 8.97. The van der Waals surface area contributed by atoms with Gasteiger partial charge in [0.15, 0.2) is 0 Å². The highest BCUT2D eigenvalue weighted by molar-refractivity contribution is 6.34. The van der Waals surface area contributed by atoms with E-state index in [1.807, 2.05) is 48.5 Å². The van der Waals surface area contributed by atoms with Gasteiger partial charge in [0.05, 0.1) is 25.4 Å². The van der Waals surface area contributed by atoms with E-state index in [0.717, 1.165) is 48.5 Å². The van der Waals surface area contributed by atoms with Crippen LogP contribution in [0.25, 0.3) is 0 Å². The van der Waals surface area contributed by atoms with E-state index in [1.54, 1.807) is 12.1 Å². The van der Waals surface area contributed by atoms with E-state index in [1.165, 1.54) is 6.42 Å². The number of rotatable bonds is 5. The lowest BCUT2D eigenvalue weighted by Gasteiger charge is -2.29. The second-order valence-electron chi connectivity index (χ2n) is 7.56. The highest BCUT2D eigenvalue weighted by Gasteiger charge is 2.35. The number of carbonyl (C=O) groups excluding carboxylic acids is 1. The van der Waals surface area contributed by atoms with Gasteiger partial charge in [-0.2, -0.15) is 5.10 Å². The minimum atomic E-state index is -0.199. The molecule has 2 aromatic rings. The first kappa shape index (κ1) is 19.9. The minimum Gasteiger partial charge on any atom is -0.496 e. The van der Waals surface area contributed by atoms with Crippen molar-refractivity contribution in [3.63, 3.8) is 0 Å². The van der Waals surface area contributed by atoms with Gasteiger partial charge in [-0.25, -0.2) is 5.01 Å². The summed E-state index contributed by atoms with van der Waals surface area (Å²) in [5.74, 6) is 0.786. The molecule has 0 N–H and O–H groups in total. The number of nitrogens with zero attached hydrogens (tertiary/aromatic N) is 3. The van der Waals surface area contributed by atoms with Crippen LogP contribution in [0.15, 0.2) is 53.6 Å². The normalized spacial score (nSPS) is 19.9. The zero-order chi connectivity index (χ0) is 20.2. The van der Waals surface area contributed by atoms with Gasteiger partial charge in [-0.3, -0.25) is 9.69 Å². The second-order valence-corrected chi connectivity index (χ2v) is 7.97. The van der Waals surface area contributed by atoms with E-state index in [4.69, 9.17) is 21.4 Å². The van der Waals surface area contributed by atoms with Gasteiger partial charge in [-0.1, -0.05) is 54.4 Å². The van der Waals surface area contributed by atoms with Gasteiger partial charge in [0, 0.05) is 22.6 Å². The van der Waals surface area contributed by atoms with Gasteiger partial charge < -0.3 is 4.74 Å². The number of hydrogen-bond donors (Lipinski definition) is 0. The summed E-state index contributed by atoms with van der Waals surface area (Å²) in [5, 5.41) is 7.04. The number of benzene rings is 2. The molecule has 2 aromatic carbocycles. The lowest BCUT2D eigenvalue weighted by Crippen LogP contribution is -2.40. The molecule has 1 saturated heterocycles. The highest BCUT2D eigenvalue weighted by Crippen LogP contribution is 2.38. The first-order valence-electron chi connectivity index (χ1n) is 10.2. The number of hydrazone groups is 1. The number of likely N-dealkylation sites (tertiary alicyclic amines) is 1. The Bertz CT molecular complexity index is 909. The topological polar surface area (TPSA) is 45.1 Å². The van der Waals surface area contributed by atoms with Crippen molar-refractivity contribution >= 4 is 23.2 Å². The van der Waals surface area contributed by atoms with E-state index >= 15 is 0 Å². The van der Waals surface area contributed by atoms with Crippen molar-refractivity contribution in [1.29, 1.82) is 0 Å². The standard InChI is InChI=1S/C23H26ClN3O2/c1-29-22-12-6-4-10-18(22)21-15-20(17-9-3-5-11-19(17)24)25-27(21)23(28)16-26-13-7-2-8-14-26/h3-6,9-12,21H,2,7-8,13-16H2,1H3. The van der Waals surface area contributed by atoms with Crippen LogP contribution in [0.4, 0.5) is 0 Å². The third-order valence-electron chi connectivity index (χ3n) is 5.66. The lowest BCUT2D eigenvalue weighted by molar-refractivity contribution is -0.134. The number of piperidine rings is 1. The molecule has 1 unspecified atom stereocenters. The van der Waals surface area contributed by atoms with E-state index in [0.29, 0.717) is 18.0 Å². The zero-order valence-electron chi connectivity index (χ0n) is 16.7. The van der Waals surface area contributed by atoms with Gasteiger partial charge >= 0.3 is 0 Å². The Morgan fingerprint density at radius 3 is 2.59 bits per heavy atom. The van der Waals surface area contributed by atoms with Gasteiger partial charge in [0.25, 0.3) is 5.91 Å². The molecule has 29 heavy (non-hydrogen) atoms. The first-order valence-corrected chi connectivity index (χ1v) is 10.5. The molecule has 2 aliphatic rings. The number of ether oxygens (including phenoxy) is 1. The van der Waals surface area contributed by atoms with Crippen molar-refractivity contribution in [3.8, 4) is 5.75 Å². The van der Waals surface area contributed by atoms with E-state index in [-0.39, 0.29) is 11.9 Å². The fourth-order valence-corrected chi connectivity index (χ4v) is 4.41. The van der Waals surface area contributed by atoms with Crippen LogP contribution in [0.5, 0.6) is 5.75 Å². The van der Waals surface area contributed by atoms with E-state index in [2.05, 4.69) is 4.90 Å². The van der Waals surface area contributed by atoms with E-state index in [9.17, 15) is 4.79 Å². The van der Waals surface area contributed by atoms with Crippen LogP contribution in [0.2, 0.25) is 5.02 Å². The number of amides is 1. The van der Waals surface area contributed by atoms with Crippen molar-refractivity contribution in [1.82, 2.24) is 9.91 Å². The predicted molar refractivity (Wildman–Crippen MR) is 115 cm³/mol. The molecule has 2 aliphatic heterocycles. The lowest BCUT2D eigenvalue weighted by atomic mass is 9.97. The highest BCUT2D eigenvalue weighted by atomic mass is 35.5. The largest absolute Gasteiger partial charge is 0.496 e. The SMILES string of the molecule is COc1ccccc1C1CC(c2ccccc2Cl)=NN1C(=O)CN1CCCCC1. The van der Waals surface area contributed by atoms with Crippen molar-refractivity contribution in [2.45, 2.75) is 31.7 Å². The molecule has 0 spiro atoms. The summed E-state index contributed by atoms with van der Waals surface area (Å²) in [7, 11) is 1.66. The summed E-state index contributed by atoms with van der Waals surface area (Å²) in [4.78, 5) is 15.5. The summed E-state index contributed by atoms with van der Waals surface area (Å²) in [5.41, 5.74) is 2.67. The average molecular weight is 412 g/mol. The summed E-state index contributed by atoms with van der Waals surface area (Å²) >= 11 is 6.42. The molecular weight excluding hydrogens is 386 g/mol. The smallest absolute Gasteiger partial charge is 0.257 e. The van der Waals surface area contributed by atoms with Gasteiger partial charge in [-0.15, -0.1) is 0 Å². The van der Waals surface area contributed by atoms with Crippen molar-refractivity contribution in [3.05, 3.63) is 64.7 Å². The van der Waals surface area contributed by atoms with Crippen molar-refractivity contribution in [2.24, 2.45) is 5.10 Å². The Morgan fingerprint density at radius 2 is 1.83 bits per heavy atom. The zero-order valence-corrected chi connectivity index (χ0v) is 17.4. The molecule has 1 amide bonds. The average Bonchev–Trinajstić information content (AvgIpc) is 3.20. The molecule has 152 valence electrons. The van der Waals surface area contributed by atoms with Crippen LogP contribution >= 0.6 is 11.6 Å². The molecule has 0 aliphatic carbocycles. The van der Waals surface area contributed by atoms with Crippen molar-refractivity contribution in [2.75, 3.05) is 26.7 Å². The van der Waals surface area contributed by atoms with Gasteiger partial charge in [-0.05, 0) is 38.1 Å². The van der Waals surface area contributed by atoms with Crippen LogP contribution in [0.3, 0.4) is 0 Å². The number of methoxy groups -OCH3 is 1. The fourth-order valence-electron chi connectivity index (χ4n) is 4.16. The van der Waals surface area contributed by atoms with Crippen LogP contribution in [-0.2, 0) is 4.79 Å². The van der Waals surface area contributed by atoms with Gasteiger partial charge in [0.1, 0.15) is 5.75 Å². The Balaban J connectivity index is 1.65. The molecule has 0 saturated carbocycles. The third-order valence-corrected chi connectivity index (χ3v) is 5.99. The molecule has 1 atom stereocenters. The predicted octanol–water partition coefficient (Wildman–Crippen LogP) is 4.51. The molecule has 6 heteroatoms. The summed E-state index contributed by atoms with van der Waals surface area (Å²) in [6.45, 7) is 2.34. The third kappa shape index (κ3) is 4.31. The maximum Gasteiger partial charge on any atom is 0.257 e. The summed E-state index contributed by atoms with van der Waals surface area (Å²) in [6, 6.07) is 15.3. The van der Waals surface area contributed by atoms with E-state index < -0.39 is 0 Å². The maximum absolute atomic E-state index is 13.3.